The van der Waals surface area contributed by atoms with Gasteiger partial charge in [0.2, 0.25) is 0 Å². The molecule has 5 nitrogen and oxygen atoms in total. The van der Waals surface area contributed by atoms with E-state index in [4.69, 9.17) is 16.3 Å². The zero-order chi connectivity index (χ0) is 16.0. The van der Waals surface area contributed by atoms with Gasteiger partial charge in [0.1, 0.15) is 11.6 Å². The average Bonchev–Trinajstić information content (AvgIpc) is 2.86. The van der Waals surface area contributed by atoms with Gasteiger partial charge in [-0.05, 0) is 42.5 Å². The number of fused-ring (bicyclic) bond motifs is 2. The third-order valence-electron chi connectivity index (χ3n) is 3.96. The molecule has 1 atom stereocenters. The van der Waals surface area contributed by atoms with E-state index in [2.05, 4.69) is 10.4 Å². The molecule has 1 spiro atoms. The van der Waals surface area contributed by atoms with Crippen molar-refractivity contribution < 1.29 is 18.6 Å². The number of amides is 2. The number of rotatable bonds is 1. The van der Waals surface area contributed by atoms with E-state index in [0.717, 1.165) is 0 Å². The lowest BCUT2D eigenvalue weighted by atomic mass is 9.94. The lowest BCUT2D eigenvalue weighted by Gasteiger charge is -2.27. The standard InChI is InChI=1S/C16H11ClFN3O2/c17-10-1-4-12(5-2-10)21-15(22)19-16(20-21)7-8-23-14-6-3-11(18)9-13(14)16/h1-6,9H,7-8H2/p+1. The van der Waals surface area contributed by atoms with Crippen LogP contribution in [0.25, 0.3) is 0 Å². The van der Waals surface area contributed by atoms with Gasteiger partial charge in [-0.1, -0.05) is 21.4 Å². The summed E-state index contributed by atoms with van der Waals surface area (Å²) >= 11 is 5.87. The number of benzene rings is 2. The number of ether oxygens (including phenoxy) is 1. The first-order chi connectivity index (χ1) is 11.1. The molecule has 7 heteroatoms. The maximum absolute atomic E-state index is 13.7. The van der Waals surface area contributed by atoms with E-state index >= 15 is 0 Å². The van der Waals surface area contributed by atoms with E-state index in [1.807, 2.05) is 0 Å². The molecule has 2 aromatic rings. The summed E-state index contributed by atoms with van der Waals surface area (Å²) in [7, 11) is 0. The van der Waals surface area contributed by atoms with Crippen LogP contribution in [0.15, 0.2) is 47.6 Å². The second-order valence-electron chi connectivity index (χ2n) is 5.42. The molecule has 4 rings (SSSR count). The van der Waals surface area contributed by atoms with Crippen LogP contribution in [0.4, 0.5) is 14.9 Å². The normalized spacial score (nSPS) is 22.3. The summed E-state index contributed by atoms with van der Waals surface area (Å²) in [6.07, 6.45) is 0.430. The predicted molar refractivity (Wildman–Crippen MR) is 80.5 cm³/mol. The Hall–Kier alpha value is -2.47. The van der Waals surface area contributed by atoms with Crippen molar-refractivity contribution in [2.75, 3.05) is 6.61 Å². The van der Waals surface area contributed by atoms with Crippen LogP contribution < -0.4 is 10.1 Å². The Morgan fingerprint density at radius 2 is 2.04 bits per heavy atom. The predicted octanol–water partition coefficient (Wildman–Crippen LogP) is 3.93. The first-order valence-corrected chi connectivity index (χ1v) is 7.49. The number of carbonyl (C=O) groups is 1. The summed E-state index contributed by atoms with van der Waals surface area (Å²) in [6, 6.07) is 10.6. The summed E-state index contributed by atoms with van der Waals surface area (Å²) in [4.78, 5) is 12.4. The van der Waals surface area contributed by atoms with E-state index < -0.39 is 11.5 Å². The Balaban J connectivity index is 1.84. The van der Waals surface area contributed by atoms with Gasteiger partial charge in [0.05, 0.1) is 18.6 Å². The summed E-state index contributed by atoms with van der Waals surface area (Å²) in [5.41, 5.74) is 0.105. The molecule has 0 aliphatic carbocycles. The fourth-order valence-corrected chi connectivity index (χ4v) is 2.98. The van der Waals surface area contributed by atoms with Gasteiger partial charge < -0.3 is 4.74 Å². The Morgan fingerprint density at radius 1 is 1.26 bits per heavy atom. The van der Waals surface area contributed by atoms with Crippen LogP contribution in [0, 0.1) is 5.82 Å². The first-order valence-electron chi connectivity index (χ1n) is 7.11. The first kappa shape index (κ1) is 14.1. The third kappa shape index (κ3) is 2.26. The zero-order valence-electron chi connectivity index (χ0n) is 11.9. The van der Waals surface area contributed by atoms with E-state index in [1.54, 1.807) is 30.3 Å². The van der Waals surface area contributed by atoms with Crippen LogP contribution in [0.3, 0.4) is 0 Å². The molecule has 1 N–H and O–H groups in total. The molecule has 0 saturated heterocycles. The minimum absolute atomic E-state index is 0.371. The molecule has 2 amide bonds. The second-order valence-corrected chi connectivity index (χ2v) is 5.85. The molecule has 0 radical (unpaired) electrons. The maximum Gasteiger partial charge on any atom is 0.519 e. The van der Waals surface area contributed by atoms with Crippen LogP contribution in [0.5, 0.6) is 5.75 Å². The smallest absolute Gasteiger partial charge is 0.493 e. The fourth-order valence-electron chi connectivity index (χ4n) is 2.86. The molecule has 1 unspecified atom stereocenters. The summed E-state index contributed by atoms with van der Waals surface area (Å²) in [5, 5.41) is 7.95. The van der Waals surface area contributed by atoms with Gasteiger partial charge in [-0.3, -0.25) is 0 Å². The van der Waals surface area contributed by atoms with E-state index in [0.29, 0.717) is 35.1 Å². The third-order valence-corrected chi connectivity index (χ3v) is 4.21. The monoisotopic (exact) mass is 332 g/mol. The molecule has 2 aromatic carbocycles. The van der Waals surface area contributed by atoms with Crippen LogP contribution >= 0.6 is 11.6 Å². The average molecular weight is 333 g/mol. The van der Waals surface area contributed by atoms with Gasteiger partial charge in [0.25, 0.3) is 5.66 Å². The van der Waals surface area contributed by atoms with Crippen molar-refractivity contribution in [3.05, 3.63) is 58.9 Å². The zero-order valence-corrected chi connectivity index (χ0v) is 12.7. The SMILES string of the molecule is O=C1NC2(CCOc3ccc(F)cc32)N=[N+]1c1ccc(Cl)cc1. The minimum atomic E-state index is -1.01. The maximum atomic E-state index is 13.7. The van der Waals surface area contributed by atoms with Gasteiger partial charge in [-0.15, -0.1) is 0 Å². The van der Waals surface area contributed by atoms with Gasteiger partial charge in [0.15, 0.2) is 5.69 Å². The van der Waals surface area contributed by atoms with E-state index in [-0.39, 0.29) is 6.03 Å². The second kappa shape index (κ2) is 5.03. The van der Waals surface area contributed by atoms with Crippen molar-refractivity contribution in [1.29, 1.82) is 0 Å². The van der Waals surface area contributed by atoms with Crippen LogP contribution in [-0.2, 0) is 5.66 Å². The highest BCUT2D eigenvalue weighted by Crippen LogP contribution is 2.41. The van der Waals surface area contributed by atoms with E-state index in [9.17, 15) is 9.18 Å². The van der Waals surface area contributed by atoms with Crippen molar-refractivity contribution in [1.82, 2.24) is 5.32 Å². The molecule has 0 fully saturated rings. The summed E-state index contributed by atoms with van der Waals surface area (Å²) in [6.45, 7) is 0.386. The number of urea groups is 1. The Labute approximate surface area is 136 Å². The molecule has 2 aliphatic heterocycles. The number of azo groups is 2. The highest BCUT2D eigenvalue weighted by atomic mass is 35.5. The highest BCUT2D eigenvalue weighted by Gasteiger charge is 2.52. The van der Waals surface area contributed by atoms with Crippen molar-refractivity contribution in [3.8, 4) is 5.75 Å². The molecular weight excluding hydrogens is 321 g/mol. The minimum Gasteiger partial charge on any atom is -0.493 e. The summed E-state index contributed by atoms with van der Waals surface area (Å²) < 4.78 is 20.5. The largest absolute Gasteiger partial charge is 0.519 e. The fraction of sp³-hybridized carbons (Fsp3) is 0.188. The summed E-state index contributed by atoms with van der Waals surface area (Å²) in [5.74, 6) is 0.127. The number of hydrogen-bond acceptors (Lipinski definition) is 3. The van der Waals surface area contributed by atoms with Crippen molar-refractivity contribution in [2.45, 2.75) is 12.1 Å². The van der Waals surface area contributed by atoms with Crippen LogP contribution in [0.2, 0.25) is 5.02 Å². The molecule has 0 bridgehead atoms. The number of nitrogens with zero attached hydrogens (tertiary/aromatic N) is 2. The topological polar surface area (TPSA) is 53.7 Å². The van der Waals surface area contributed by atoms with Crippen LogP contribution in [-0.4, -0.2) is 17.3 Å². The van der Waals surface area contributed by atoms with E-state index in [1.165, 1.54) is 16.8 Å². The van der Waals surface area contributed by atoms with Crippen molar-refractivity contribution >= 4 is 23.3 Å². The van der Waals surface area contributed by atoms with Gasteiger partial charge >= 0.3 is 6.03 Å². The quantitative estimate of drug-likeness (QED) is 0.804. The van der Waals surface area contributed by atoms with Crippen LogP contribution in [0.1, 0.15) is 12.0 Å². The molecule has 2 heterocycles. The highest BCUT2D eigenvalue weighted by molar-refractivity contribution is 6.30. The van der Waals surface area contributed by atoms with Gasteiger partial charge in [-0.25, -0.2) is 9.71 Å². The van der Waals surface area contributed by atoms with Gasteiger partial charge in [0, 0.05) is 5.02 Å². The lowest BCUT2D eigenvalue weighted by molar-refractivity contribution is -0.404. The Morgan fingerprint density at radius 3 is 2.83 bits per heavy atom. The number of carbonyl (C=O) groups excluding carboxylic acids is 1. The molecule has 0 aromatic heterocycles. The number of nitrogens with one attached hydrogen (secondary N) is 1. The van der Waals surface area contributed by atoms with Gasteiger partial charge in [-0.2, -0.15) is 4.79 Å². The Kier molecular flexibility index (Phi) is 3.09. The molecule has 2 aliphatic rings. The number of hydrogen-bond donors (Lipinski definition) is 1. The Bertz CT molecular complexity index is 838. The molecule has 0 saturated carbocycles. The molecule has 116 valence electrons. The molecular formula is C16H12ClFN3O2+. The molecule has 23 heavy (non-hydrogen) atoms. The lowest BCUT2D eigenvalue weighted by Crippen LogP contribution is -2.43. The van der Waals surface area contributed by atoms with Crippen molar-refractivity contribution in [2.24, 2.45) is 5.11 Å². The van der Waals surface area contributed by atoms with Crippen molar-refractivity contribution in [3.63, 3.8) is 0 Å². The number of halogens is 2.